The number of furan rings is 1. The molecule has 4 nitrogen and oxygen atoms in total. The maximum Gasteiger partial charge on any atom is 0.257 e. The van der Waals surface area contributed by atoms with Gasteiger partial charge in [-0.3, -0.25) is 4.79 Å². The highest BCUT2D eigenvalue weighted by atomic mass is 16.3. The molecule has 0 unspecified atom stereocenters. The molecule has 0 bridgehead atoms. The van der Waals surface area contributed by atoms with Crippen LogP contribution in [0.25, 0.3) is 0 Å². The fourth-order valence-corrected chi connectivity index (χ4v) is 0.999. The number of amides is 1. The number of carbonyl (C=O) groups is 1. The predicted molar refractivity (Wildman–Crippen MR) is 43.6 cm³/mol. The highest BCUT2D eigenvalue weighted by Gasteiger charge is 2.25. The van der Waals surface area contributed by atoms with Gasteiger partial charge >= 0.3 is 0 Å². The van der Waals surface area contributed by atoms with E-state index >= 15 is 0 Å². The zero-order chi connectivity index (χ0) is 8.55. The van der Waals surface area contributed by atoms with Crippen LogP contribution >= 0.6 is 0 Å². The molecule has 3 N–H and O–H groups in total. The van der Waals surface area contributed by atoms with Gasteiger partial charge in [0, 0.05) is 6.04 Å². The van der Waals surface area contributed by atoms with Gasteiger partial charge in [-0.15, -0.1) is 0 Å². The number of nitrogens with one attached hydrogen (secondary N) is 1. The fourth-order valence-electron chi connectivity index (χ4n) is 0.999. The molecule has 0 aromatic carbocycles. The maximum atomic E-state index is 11.3. The van der Waals surface area contributed by atoms with E-state index in [-0.39, 0.29) is 11.8 Å². The van der Waals surface area contributed by atoms with E-state index in [1.54, 1.807) is 6.07 Å². The van der Waals surface area contributed by atoms with Crippen molar-refractivity contribution in [2.75, 3.05) is 5.73 Å². The van der Waals surface area contributed by atoms with Crippen LogP contribution in [0.4, 0.5) is 5.88 Å². The van der Waals surface area contributed by atoms with E-state index in [0.717, 1.165) is 12.8 Å². The summed E-state index contributed by atoms with van der Waals surface area (Å²) in [5.41, 5.74) is 5.84. The lowest BCUT2D eigenvalue weighted by Gasteiger charge is -1.99. The monoisotopic (exact) mass is 166 g/mol. The highest BCUT2D eigenvalue weighted by molar-refractivity contribution is 5.98. The van der Waals surface area contributed by atoms with Gasteiger partial charge in [0.05, 0.1) is 6.26 Å². The molecule has 0 atom stereocenters. The number of nitrogen functional groups attached to an aromatic ring is 1. The molecule has 2 rings (SSSR count). The van der Waals surface area contributed by atoms with E-state index in [1.807, 2.05) is 0 Å². The van der Waals surface area contributed by atoms with Gasteiger partial charge < -0.3 is 15.5 Å². The van der Waals surface area contributed by atoms with Crippen molar-refractivity contribution >= 4 is 11.8 Å². The third-order valence-corrected chi connectivity index (χ3v) is 1.85. The Bertz CT molecular complexity index is 302. The van der Waals surface area contributed by atoms with Gasteiger partial charge in [0.15, 0.2) is 0 Å². The summed E-state index contributed by atoms with van der Waals surface area (Å²) in [4.78, 5) is 11.3. The second-order valence-corrected chi connectivity index (χ2v) is 2.95. The topological polar surface area (TPSA) is 68.3 Å². The third kappa shape index (κ3) is 1.28. The average Bonchev–Trinajstić information content (AvgIpc) is 2.72. The molecule has 1 heterocycles. The van der Waals surface area contributed by atoms with Crippen molar-refractivity contribution in [2.45, 2.75) is 18.9 Å². The molecular weight excluding hydrogens is 156 g/mol. The van der Waals surface area contributed by atoms with Gasteiger partial charge in [0.2, 0.25) is 5.88 Å². The van der Waals surface area contributed by atoms with Crippen molar-refractivity contribution in [3.63, 3.8) is 0 Å². The van der Waals surface area contributed by atoms with Crippen LogP contribution in [0.3, 0.4) is 0 Å². The Balaban J connectivity index is 2.07. The first kappa shape index (κ1) is 7.21. The van der Waals surface area contributed by atoms with Crippen LogP contribution in [0.1, 0.15) is 23.2 Å². The molecule has 4 heteroatoms. The fraction of sp³-hybridized carbons (Fsp3) is 0.375. The SMILES string of the molecule is Nc1occc1C(=O)NC1CC1. The van der Waals surface area contributed by atoms with Gasteiger partial charge in [-0.2, -0.15) is 0 Å². The van der Waals surface area contributed by atoms with E-state index in [0.29, 0.717) is 11.6 Å². The van der Waals surface area contributed by atoms with E-state index in [1.165, 1.54) is 6.26 Å². The van der Waals surface area contributed by atoms with E-state index < -0.39 is 0 Å². The van der Waals surface area contributed by atoms with Crippen molar-refractivity contribution in [3.05, 3.63) is 17.9 Å². The standard InChI is InChI=1S/C8H10N2O2/c9-7-6(3-4-12-7)8(11)10-5-1-2-5/h3-5H,1-2,9H2,(H,10,11). The van der Waals surface area contributed by atoms with Gasteiger partial charge in [0.25, 0.3) is 5.91 Å². The molecule has 1 aromatic rings. The van der Waals surface area contributed by atoms with Gasteiger partial charge in [0.1, 0.15) is 5.56 Å². The third-order valence-electron chi connectivity index (χ3n) is 1.85. The Kier molecular flexibility index (Phi) is 1.53. The average molecular weight is 166 g/mol. The van der Waals surface area contributed by atoms with Crippen molar-refractivity contribution in [1.29, 1.82) is 0 Å². The van der Waals surface area contributed by atoms with Crippen LogP contribution in [0.2, 0.25) is 0 Å². The maximum absolute atomic E-state index is 11.3. The molecule has 1 aromatic heterocycles. The molecular formula is C8H10N2O2. The van der Waals surface area contributed by atoms with Gasteiger partial charge in [-0.1, -0.05) is 0 Å². The first-order chi connectivity index (χ1) is 5.77. The Morgan fingerprint density at radius 3 is 2.92 bits per heavy atom. The van der Waals surface area contributed by atoms with Gasteiger partial charge in [-0.05, 0) is 18.9 Å². The minimum absolute atomic E-state index is 0.135. The van der Waals surface area contributed by atoms with Crippen LogP contribution in [0.15, 0.2) is 16.7 Å². The van der Waals surface area contributed by atoms with Crippen LogP contribution in [0.5, 0.6) is 0 Å². The number of carbonyl (C=O) groups excluding carboxylic acids is 1. The summed E-state index contributed by atoms with van der Waals surface area (Å²) in [6.45, 7) is 0. The Labute approximate surface area is 69.7 Å². The number of nitrogens with two attached hydrogens (primary N) is 1. The predicted octanol–water partition coefficient (Wildman–Crippen LogP) is 0.754. The molecule has 1 saturated carbocycles. The van der Waals surface area contributed by atoms with E-state index in [4.69, 9.17) is 10.2 Å². The number of hydrogen-bond donors (Lipinski definition) is 2. The number of rotatable bonds is 2. The lowest BCUT2D eigenvalue weighted by molar-refractivity contribution is 0.0951. The summed E-state index contributed by atoms with van der Waals surface area (Å²) in [5, 5.41) is 2.82. The minimum Gasteiger partial charge on any atom is -0.448 e. The quantitative estimate of drug-likeness (QED) is 0.681. The minimum atomic E-state index is -0.135. The van der Waals surface area contributed by atoms with Crippen molar-refractivity contribution in [2.24, 2.45) is 0 Å². The lowest BCUT2D eigenvalue weighted by Crippen LogP contribution is -2.25. The molecule has 12 heavy (non-hydrogen) atoms. The summed E-state index contributed by atoms with van der Waals surface area (Å²) < 4.78 is 4.80. The summed E-state index contributed by atoms with van der Waals surface area (Å²) >= 11 is 0. The smallest absolute Gasteiger partial charge is 0.257 e. The number of anilines is 1. The molecule has 1 amide bonds. The van der Waals surface area contributed by atoms with E-state index in [9.17, 15) is 4.79 Å². The molecule has 0 spiro atoms. The van der Waals surface area contributed by atoms with Crippen molar-refractivity contribution < 1.29 is 9.21 Å². The highest BCUT2D eigenvalue weighted by Crippen LogP contribution is 2.20. The zero-order valence-corrected chi connectivity index (χ0v) is 6.54. The second-order valence-electron chi connectivity index (χ2n) is 2.95. The normalized spacial score (nSPS) is 16.0. The second kappa shape index (κ2) is 2.55. The Morgan fingerprint density at radius 1 is 1.67 bits per heavy atom. The summed E-state index contributed by atoms with van der Waals surface area (Å²) in [6.07, 6.45) is 3.56. The molecule has 64 valence electrons. The van der Waals surface area contributed by atoms with Gasteiger partial charge in [-0.25, -0.2) is 0 Å². The summed E-state index contributed by atoms with van der Waals surface area (Å²) in [5.74, 6) is 0.0527. The summed E-state index contributed by atoms with van der Waals surface area (Å²) in [6, 6.07) is 1.93. The Morgan fingerprint density at radius 2 is 2.42 bits per heavy atom. The molecule has 0 aliphatic heterocycles. The largest absolute Gasteiger partial charge is 0.448 e. The molecule has 1 fully saturated rings. The molecule has 1 aliphatic carbocycles. The zero-order valence-electron chi connectivity index (χ0n) is 6.54. The summed E-state index contributed by atoms with van der Waals surface area (Å²) in [7, 11) is 0. The van der Waals surface area contributed by atoms with E-state index in [2.05, 4.69) is 5.32 Å². The van der Waals surface area contributed by atoms with Crippen LogP contribution < -0.4 is 11.1 Å². The van der Waals surface area contributed by atoms with Crippen LogP contribution in [-0.4, -0.2) is 11.9 Å². The first-order valence-electron chi connectivity index (χ1n) is 3.91. The Hall–Kier alpha value is -1.45. The lowest BCUT2D eigenvalue weighted by atomic mass is 10.3. The van der Waals surface area contributed by atoms with Crippen molar-refractivity contribution in [1.82, 2.24) is 5.32 Å². The van der Waals surface area contributed by atoms with Crippen molar-refractivity contribution in [3.8, 4) is 0 Å². The molecule has 0 radical (unpaired) electrons. The first-order valence-corrected chi connectivity index (χ1v) is 3.91. The van der Waals surface area contributed by atoms with Crippen LogP contribution in [-0.2, 0) is 0 Å². The number of hydrogen-bond acceptors (Lipinski definition) is 3. The van der Waals surface area contributed by atoms with Crippen LogP contribution in [0, 0.1) is 0 Å². The molecule has 0 saturated heterocycles. The molecule has 1 aliphatic rings.